The summed E-state index contributed by atoms with van der Waals surface area (Å²) in [4.78, 5) is 22.4. The van der Waals surface area contributed by atoms with Crippen LogP contribution in [0.5, 0.6) is 0 Å². The van der Waals surface area contributed by atoms with E-state index in [1.165, 1.54) is 7.11 Å². The Morgan fingerprint density at radius 1 is 1.33 bits per heavy atom. The highest BCUT2D eigenvalue weighted by molar-refractivity contribution is 5.95. The quantitative estimate of drug-likeness (QED) is 0.593. The SMILES string of the molecule is COC(=O)CC(=O)CCn1ncc2ccccc21. The van der Waals surface area contributed by atoms with Crippen LogP contribution in [0.2, 0.25) is 0 Å². The molecule has 0 amide bonds. The van der Waals surface area contributed by atoms with Crippen molar-refractivity contribution in [2.45, 2.75) is 19.4 Å². The minimum Gasteiger partial charge on any atom is -0.469 e. The first-order valence-electron chi connectivity index (χ1n) is 5.70. The maximum atomic E-state index is 11.5. The molecule has 0 atom stereocenters. The summed E-state index contributed by atoms with van der Waals surface area (Å²) in [7, 11) is 1.27. The van der Waals surface area contributed by atoms with Gasteiger partial charge in [-0.15, -0.1) is 0 Å². The summed E-state index contributed by atoms with van der Waals surface area (Å²) < 4.78 is 6.21. The second-order valence-corrected chi connectivity index (χ2v) is 3.97. The summed E-state index contributed by atoms with van der Waals surface area (Å²) in [5.41, 5.74) is 0.989. The highest BCUT2D eigenvalue weighted by Gasteiger charge is 2.10. The third-order valence-electron chi connectivity index (χ3n) is 2.72. The molecule has 0 aliphatic heterocycles. The Hall–Kier alpha value is -2.17. The summed E-state index contributed by atoms with van der Waals surface area (Å²) in [6.45, 7) is 0.476. The Bertz CT molecular complexity index is 574. The number of aryl methyl sites for hydroxylation is 1. The van der Waals surface area contributed by atoms with E-state index in [1.54, 1.807) is 10.9 Å². The molecule has 2 rings (SSSR count). The number of ketones is 1. The number of nitrogens with zero attached hydrogens (tertiary/aromatic N) is 2. The zero-order valence-corrected chi connectivity index (χ0v) is 10.1. The molecule has 0 saturated heterocycles. The van der Waals surface area contributed by atoms with Gasteiger partial charge >= 0.3 is 5.97 Å². The van der Waals surface area contributed by atoms with Gasteiger partial charge < -0.3 is 4.74 Å². The molecule has 2 aromatic rings. The Labute approximate surface area is 104 Å². The van der Waals surface area contributed by atoms with E-state index in [-0.39, 0.29) is 18.6 Å². The van der Waals surface area contributed by atoms with E-state index in [2.05, 4.69) is 9.84 Å². The second kappa shape index (κ2) is 5.44. The zero-order valence-electron chi connectivity index (χ0n) is 10.1. The fourth-order valence-corrected chi connectivity index (χ4v) is 1.76. The van der Waals surface area contributed by atoms with Crippen molar-refractivity contribution in [3.05, 3.63) is 30.5 Å². The molecule has 0 aliphatic rings. The first kappa shape index (κ1) is 12.3. The van der Waals surface area contributed by atoms with Gasteiger partial charge in [-0.25, -0.2) is 0 Å². The van der Waals surface area contributed by atoms with Crippen molar-refractivity contribution >= 4 is 22.7 Å². The van der Waals surface area contributed by atoms with Crippen molar-refractivity contribution in [2.75, 3.05) is 7.11 Å². The van der Waals surface area contributed by atoms with Gasteiger partial charge in [-0.2, -0.15) is 5.10 Å². The molecule has 0 saturated carbocycles. The molecule has 0 spiro atoms. The summed E-state index contributed by atoms with van der Waals surface area (Å²) in [5.74, 6) is -0.633. The largest absolute Gasteiger partial charge is 0.469 e. The van der Waals surface area contributed by atoms with Crippen molar-refractivity contribution < 1.29 is 14.3 Å². The van der Waals surface area contributed by atoms with Crippen molar-refractivity contribution in [1.82, 2.24) is 9.78 Å². The second-order valence-electron chi connectivity index (χ2n) is 3.97. The number of rotatable bonds is 5. The Morgan fingerprint density at radius 2 is 2.11 bits per heavy atom. The van der Waals surface area contributed by atoms with E-state index in [4.69, 9.17) is 0 Å². The number of aromatic nitrogens is 2. The van der Waals surface area contributed by atoms with Gasteiger partial charge in [-0.3, -0.25) is 14.3 Å². The van der Waals surface area contributed by atoms with Crippen molar-refractivity contribution in [2.24, 2.45) is 0 Å². The standard InChI is InChI=1S/C13H14N2O3/c1-18-13(17)8-11(16)6-7-15-12-5-3-2-4-10(12)9-14-15/h2-5,9H,6-8H2,1H3. The lowest BCUT2D eigenvalue weighted by Crippen LogP contribution is -2.12. The molecule has 0 bridgehead atoms. The monoisotopic (exact) mass is 246 g/mol. The number of fused-ring (bicyclic) bond motifs is 1. The van der Waals surface area contributed by atoms with Gasteiger partial charge in [0.1, 0.15) is 12.2 Å². The number of methoxy groups -OCH3 is 1. The van der Waals surface area contributed by atoms with Crippen LogP contribution in [0.15, 0.2) is 30.5 Å². The van der Waals surface area contributed by atoms with Gasteiger partial charge in [-0.1, -0.05) is 18.2 Å². The summed E-state index contributed by atoms with van der Waals surface area (Å²) in [6.07, 6.45) is 1.87. The van der Waals surface area contributed by atoms with Crippen LogP contribution in [0.25, 0.3) is 10.9 Å². The van der Waals surface area contributed by atoms with Gasteiger partial charge in [0.05, 0.1) is 18.8 Å². The summed E-state index contributed by atoms with van der Waals surface area (Å²) in [5, 5.41) is 5.25. The maximum absolute atomic E-state index is 11.5. The van der Waals surface area contributed by atoms with Gasteiger partial charge in [0.2, 0.25) is 0 Å². The van der Waals surface area contributed by atoms with Gasteiger partial charge in [0.25, 0.3) is 0 Å². The maximum Gasteiger partial charge on any atom is 0.313 e. The predicted octanol–water partition coefficient (Wildman–Crippen LogP) is 1.56. The van der Waals surface area contributed by atoms with E-state index in [0.29, 0.717) is 6.54 Å². The minimum absolute atomic E-state index is 0.138. The third kappa shape index (κ3) is 2.74. The number of esters is 1. The lowest BCUT2D eigenvalue weighted by atomic mass is 10.2. The molecular weight excluding hydrogens is 232 g/mol. The number of hydrogen-bond acceptors (Lipinski definition) is 4. The molecule has 0 unspecified atom stereocenters. The van der Waals surface area contributed by atoms with Crippen LogP contribution in [0.3, 0.4) is 0 Å². The third-order valence-corrected chi connectivity index (χ3v) is 2.72. The molecule has 5 heteroatoms. The first-order chi connectivity index (χ1) is 8.70. The summed E-state index contributed by atoms with van der Waals surface area (Å²) in [6, 6.07) is 7.79. The fraction of sp³-hybridized carbons (Fsp3) is 0.308. The van der Waals surface area contributed by atoms with Crippen LogP contribution in [-0.4, -0.2) is 28.6 Å². The van der Waals surface area contributed by atoms with Crippen LogP contribution in [0.4, 0.5) is 0 Å². The van der Waals surface area contributed by atoms with E-state index in [0.717, 1.165) is 10.9 Å². The number of carbonyl (C=O) groups is 2. The average molecular weight is 246 g/mol. The summed E-state index contributed by atoms with van der Waals surface area (Å²) >= 11 is 0. The van der Waals surface area contributed by atoms with Gasteiger partial charge in [-0.05, 0) is 6.07 Å². The van der Waals surface area contributed by atoms with Crippen LogP contribution >= 0.6 is 0 Å². The molecule has 94 valence electrons. The van der Waals surface area contributed by atoms with Crippen LogP contribution < -0.4 is 0 Å². The van der Waals surface area contributed by atoms with Crippen LogP contribution in [0, 0.1) is 0 Å². The van der Waals surface area contributed by atoms with Crippen molar-refractivity contribution in [3.63, 3.8) is 0 Å². The number of para-hydroxylation sites is 1. The van der Waals surface area contributed by atoms with Gasteiger partial charge in [0, 0.05) is 18.4 Å². The number of benzene rings is 1. The molecule has 0 radical (unpaired) electrons. The smallest absolute Gasteiger partial charge is 0.313 e. The molecule has 18 heavy (non-hydrogen) atoms. The number of ether oxygens (including phenoxy) is 1. The highest BCUT2D eigenvalue weighted by Crippen LogP contribution is 2.13. The minimum atomic E-state index is -0.495. The fourth-order valence-electron chi connectivity index (χ4n) is 1.76. The molecule has 1 heterocycles. The molecular formula is C13H14N2O3. The van der Waals surface area contributed by atoms with Crippen LogP contribution in [0.1, 0.15) is 12.8 Å². The topological polar surface area (TPSA) is 61.2 Å². The van der Waals surface area contributed by atoms with E-state index < -0.39 is 5.97 Å². The molecule has 1 aromatic carbocycles. The normalized spacial score (nSPS) is 10.5. The van der Waals surface area contributed by atoms with Crippen molar-refractivity contribution in [3.8, 4) is 0 Å². The van der Waals surface area contributed by atoms with E-state index in [1.807, 2.05) is 24.3 Å². The zero-order chi connectivity index (χ0) is 13.0. The van der Waals surface area contributed by atoms with E-state index >= 15 is 0 Å². The van der Waals surface area contributed by atoms with Gasteiger partial charge in [0.15, 0.2) is 0 Å². The van der Waals surface area contributed by atoms with Crippen LogP contribution in [-0.2, 0) is 20.9 Å². The Morgan fingerprint density at radius 3 is 2.89 bits per heavy atom. The highest BCUT2D eigenvalue weighted by atomic mass is 16.5. The molecule has 0 aliphatic carbocycles. The number of Topliss-reactive ketones (excluding diaryl/α,β-unsaturated/α-hetero) is 1. The predicted molar refractivity (Wildman–Crippen MR) is 66.0 cm³/mol. The lowest BCUT2D eigenvalue weighted by Gasteiger charge is -2.02. The number of hydrogen-bond donors (Lipinski definition) is 0. The van der Waals surface area contributed by atoms with Crippen molar-refractivity contribution in [1.29, 1.82) is 0 Å². The molecule has 0 fully saturated rings. The molecule has 0 N–H and O–H groups in total. The molecule has 5 nitrogen and oxygen atoms in total. The average Bonchev–Trinajstić information content (AvgIpc) is 2.79. The van der Waals surface area contributed by atoms with E-state index in [9.17, 15) is 9.59 Å². The first-order valence-corrected chi connectivity index (χ1v) is 5.70. The Kier molecular flexibility index (Phi) is 3.72. The number of carbonyl (C=O) groups excluding carboxylic acids is 2. The molecule has 1 aromatic heterocycles. The Balaban J connectivity index is 1.98. The lowest BCUT2D eigenvalue weighted by molar-refractivity contribution is -0.143.